The Kier molecular flexibility index (Phi) is 7.56. The van der Waals surface area contributed by atoms with E-state index < -0.39 is 6.04 Å². The number of benzene rings is 3. The SMILES string of the molecule is Cc1ccccc1NC(=O)CSC1=Nc2ccccc2C2=N[C@H](CC(=O)N3CCN(c4ccccc4)CC3)C(=O)N12. The van der Waals surface area contributed by atoms with E-state index in [1.165, 1.54) is 16.7 Å². The van der Waals surface area contributed by atoms with Crippen LogP contribution in [-0.2, 0) is 14.4 Å². The van der Waals surface area contributed by atoms with E-state index in [-0.39, 0.29) is 29.9 Å². The van der Waals surface area contributed by atoms with E-state index in [9.17, 15) is 14.4 Å². The van der Waals surface area contributed by atoms with Crippen LogP contribution < -0.4 is 10.2 Å². The van der Waals surface area contributed by atoms with Crippen molar-refractivity contribution >= 4 is 57.5 Å². The van der Waals surface area contributed by atoms with Gasteiger partial charge in [0.25, 0.3) is 5.91 Å². The van der Waals surface area contributed by atoms with Crippen LogP contribution in [-0.4, -0.2) is 76.5 Å². The number of nitrogens with one attached hydrogen (secondary N) is 1. The first-order valence-corrected chi connectivity index (χ1v) is 14.6. The number of para-hydroxylation sites is 3. The number of nitrogens with zero attached hydrogens (tertiary/aromatic N) is 5. The van der Waals surface area contributed by atoms with E-state index in [2.05, 4.69) is 22.3 Å². The van der Waals surface area contributed by atoms with E-state index in [0.717, 1.165) is 35.6 Å². The molecule has 1 fully saturated rings. The van der Waals surface area contributed by atoms with Gasteiger partial charge in [-0.25, -0.2) is 9.89 Å². The molecule has 3 aliphatic heterocycles. The summed E-state index contributed by atoms with van der Waals surface area (Å²) in [5, 5.41) is 3.31. The maximum atomic E-state index is 13.6. The highest BCUT2D eigenvalue weighted by Gasteiger charge is 2.42. The molecule has 6 rings (SSSR count). The molecule has 10 heteroatoms. The number of amides is 3. The van der Waals surface area contributed by atoms with Gasteiger partial charge in [-0.2, -0.15) is 0 Å². The second kappa shape index (κ2) is 11.6. The lowest BCUT2D eigenvalue weighted by molar-refractivity contribution is -0.135. The van der Waals surface area contributed by atoms with Crippen LogP contribution in [0.5, 0.6) is 0 Å². The number of hydrogen-bond acceptors (Lipinski definition) is 7. The number of rotatable bonds is 6. The summed E-state index contributed by atoms with van der Waals surface area (Å²) in [4.78, 5) is 54.6. The molecule has 1 atom stereocenters. The van der Waals surface area contributed by atoms with Crippen LogP contribution in [0, 0.1) is 6.92 Å². The number of anilines is 2. The summed E-state index contributed by atoms with van der Waals surface area (Å²) in [6.45, 7) is 4.59. The molecule has 0 aliphatic carbocycles. The first kappa shape index (κ1) is 26.8. The summed E-state index contributed by atoms with van der Waals surface area (Å²) in [6.07, 6.45) is -0.00193. The summed E-state index contributed by atoms with van der Waals surface area (Å²) in [5.74, 6) is -0.0260. The summed E-state index contributed by atoms with van der Waals surface area (Å²) < 4.78 is 0. The topological polar surface area (TPSA) is 97.7 Å². The van der Waals surface area contributed by atoms with Crippen LogP contribution >= 0.6 is 11.8 Å². The van der Waals surface area contributed by atoms with Crippen LogP contribution in [0.15, 0.2) is 88.8 Å². The van der Waals surface area contributed by atoms with Crippen LogP contribution in [0.1, 0.15) is 17.5 Å². The zero-order chi connectivity index (χ0) is 28.3. The van der Waals surface area contributed by atoms with Crippen molar-refractivity contribution in [2.24, 2.45) is 9.98 Å². The molecule has 9 nitrogen and oxygen atoms in total. The van der Waals surface area contributed by atoms with Gasteiger partial charge in [-0.05, 0) is 42.8 Å². The Hall–Kier alpha value is -4.44. The molecule has 3 aromatic carbocycles. The van der Waals surface area contributed by atoms with Gasteiger partial charge in [-0.1, -0.05) is 60.3 Å². The fraction of sp³-hybridized carbons (Fsp3) is 0.258. The zero-order valence-corrected chi connectivity index (χ0v) is 23.5. The predicted octanol–water partition coefficient (Wildman–Crippen LogP) is 4.06. The minimum Gasteiger partial charge on any atom is -0.368 e. The molecule has 0 aromatic heterocycles. The fourth-order valence-corrected chi connectivity index (χ4v) is 6.01. The largest absolute Gasteiger partial charge is 0.368 e. The van der Waals surface area contributed by atoms with Gasteiger partial charge in [0, 0.05) is 43.1 Å². The Balaban J connectivity index is 1.13. The quantitative estimate of drug-likeness (QED) is 0.485. The first-order chi connectivity index (χ1) is 20.0. The van der Waals surface area contributed by atoms with Gasteiger partial charge in [-0.3, -0.25) is 19.4 Å². The Morgan fingerprint density at radius 3 is 2.41 bits per heavy atom. The molecule has 41 heavy (non-hydrogen) atoms. The summed E-state index contributed by atoms with van der Waals surface area (Å²) >= 11 is 1.18. The van der Waals surface area contributed by atoms with E-state index in [0.29, 0.717) is 29.8 Å². The number of hydrogen-bond donors (Lipinski definition) is 1. The second-order valence-corrected chi connectivity index (χ2v) is 11.1. The maximum Gasteiger partial charge on any atom is 0.259 e. The molecule has 0 radical (unpaired) electrons. The van der Waals surface area contributed by atoms with Crippen molar-refractivity contribution < 1.29 is 14.4 Å². The highest BCUT2D eigenvalue weighted by Crippen LogP contribution is 2.34. The van der Waals surface area contributed by atoms with Gasteiger partial charge in [0.05, 0.1) is 17.9 Å². The Morgan fingerprint density at radius 2 is 1.63 bits per heavy atom. The summed E-state index contributed by atoms with van der Waals surface area (Å²) in [5.41, 5.74) is 4.27. The predicted molar refractivity (Wildman–Crippen MR) is 163 cm³/mol. The van der Waals surface area contributed by atoms with Gasteiger partial charge in [0.2, 0.25) is 11.8 Å². The first-order valence-electron chi connectivity index (χ1n) is 13.6. The smallest absolute Gasteiger partial charge is 0.259 e. The molecule has 1 N–H and O–H groups in total. The van der Waals surface area contributed by atoms with Crippen molar-refractivity contribution in [2.75, 3.05) is 42.1 Å². The highest BCUT2D eigenvalue weighted by molar-refractivity contribution is 8.14. The lowest BCUT2D eigenvalue weighted by Gasteiger charge is -2.36. The van der Waals surface area contributed by atoms with Crippen LogP contribution in [0.4, 0.5) is 17.1 Å². The van der Waals surface area contributed by atoms with E-state index in [4.69, 9.17) is 9.98 Å². The Morgan fingerprint density at radius 1 is 0.927 bits per heavy atom. The molecule has 0 unspecified atom stereocenters. The number of piperazine rings is 1. The van der Waals surface area contributed by atoms with Crippen molar-refractivity contribution in [1.29, 1.82) is 0 Å². The lowest BCUT2D eigenvalue weighted by atomic mass is 10.1. The average molecular weight is 567 g/mol. The third kappa shape index (κ3) is 5.60. The van der Waals surface area contributed by atoms with Crippen LogP contribution in [0.2, 0.25) is 0 Å². The Bertz CT molecular complexity index is 1550. The number of thioether (sulfide) groups is 1. The average Bonchev–Trinajstić information content (AvgIpc) is 3.33. The number of carbonyl (C=O) groups excluding carboxylic acids is 3. The van der Waals surface area contributed by atoms with Crippen LogP contribution in [0.3, 0.4) is 0 Å². The van der Waals surface area contributed by atoms with E-state index in [1.54, 1.807) is 0 Å². The van der Waals surface area contributed by atoms with Gasteiger partial charge in [-0.15, -0.1) is 0 Å². The molecule has 1 saturated heterocycles. The number of fused-ring (bicyclic) bond motifs is 3. The van der Waals surface area contributed by atoms with Gasteiger partial charge < -0.3 is 15.1 Å². The molecule has 0 bridgehead atoms. The highest BCUT2D eigenvalue weighted by atomic mass is 32.2. The summed E-state index contributed by atoms with van der Waals surface area (Å²) in [6, 6.07) is 24.4. The number of aryl methyl sites for hydroxylation is 1. The van der Waals surface area contributed by atoms with Gasteiger partial charge in [0.15, 0.2) is 5.17 Å². The maximum absolute atomic E-state index is 13.6. The molecule has 3 aromatic rings. The molecule has 0 spiro atoms. The summed E-state index contributed by atoms with van der Waals surface area (Å²) in [7, 11) is 0. The number of carbonyl (C=O) groups is 3. The van der Waals surface area contributed by atoms with Crippen molar-refractivity contribution in [1.82, 2.24) is 9.80 Å². The third-order valence-electron chi connectivity index (χ3n) is 7.42. The number of amidine groups is 2. The standard InChI is InChI=1S/C31H30N6O3S/c1-21-9-5-7-13-24(21)32-27(38)20-41-31-34-25-14-8-6-12-23(25)29-33-26(30(40)37(29)31)19-28(39)36-17-15-35(16-18-36)22-10-3-2-4-11-22/h2-14,26H,15-20H2,1H3,(H,32,38)/t26-/m1/s1. The number of aliphatic imine (C=N–C) groups is 2. The molecule has 3 amide bonds. The molecular weight excluding hydrogens is 536 g/mol. The van der Waals surface area contributed by atoms with Crippen molar-refractivity contribution in [3.8, 4) is 0 Å². The molecule has 208 valence electrons. The van der Waals surface area contributed by atoms with Gasteiger partial charge >= 0.3 is 0 Å². The second-order valence-electron chi connectivity index (χ2n) is 10.1. The van der Waals surface area contributed by atoms with Crippen molar-refractivity contribution in [3.05, 3.63) is 90.0 Å². The van der Waals surface area contributed by atoms with Gasteiger partial charge in [0.1, 0.15) is 11.9 Å². The minimum absolute atomic E-state index is 0.00193. The molecule has 0 saturated carbocycles. The van der Waals surface area contributed by atoms with Crippen molar-refractivity contribution in [2.45, 2.75) is 19.4 Å². The Labute approximate surface area is 243 Å². The third-order valence-corrected chi connectivity index (χ3v) is 8.36. The zero-order valence-electron chi connectivity index (χ0n) is 22.7. The molecule has 3 aliphatic rings. The van der Waals surface area contributed by atoms with E-state index >= 15 is 0 Å². The minimum atomic E-state index is -0.831. The fourth-order valence-electron chi connectivity index (χ4n) is 5.21. The molecule has 3 heterocycles. The van der Waals surface area contributed by atoms with E-state index in [1.807, 2.05) is 78.6 Å². The van der Waals surface area contributed by atoms with Crippen molar-refractivity contribution in [3.63, 3.8) is 0 Å². The normalized spacial score (nSPS) is 17.9. The lowest BCUT2D eigenvalue weighted by Crippen LogP contribution is -2.49. The van der Waals surface area contributed by atoms with Crippen LogP contribution in [0.25, 0.3) is 0 Å². The monoisotopic (exact) mass is 566 g/mol. The molecular formula is C31H30N6O3S.